The van der Waals surface area contributed by atoms with Crippen molar-refractivity contribution in [1.29, 1.82) is 5.26 Å². The molecule has 0 radical (unpaired) electrons. The Hall–Kier alpha value is -2.12. The molecule has 1 unspecified atom stereocenters. The number of nitriles is 1. The molecule has 0 aliphatic heterocycles. The van der Waals surface area contributed by atoms with E-state index in [-0.39, 0.29) is 6.04 Å². The van der Waals surface area contributed by atoms with Gasteiger partial charge in [-0.3, -0.25) is 0 Å². The Morgan fingerprint density at radius 1 is 1.29 bits per heavy atom. The number of rotatable bonds is 4. The topological polar surface area (TPSA) is 61.6 Å². The molecule has 0 saturated carbocycles. The third-order valence-corrected chi connectivity index (χ3v) is 3.71. The van der Waals surface area contributed by atoms with Crippen LogP contribution >= 0.6 is 11.6 Å². The van der Waals surface area contributed by atoms with E-state index < -0.39 is 0 Å². The van der Waals surface area contributed by atoms with Crippen molar-refractivity contribution in [3.8, 4) is 6.07 Å². The van der Waals surface area contributed by atoms with Crippen molar-refractivity contribution in [2.24, 2.45) is 0 Å². The van der Waals surface area contributed by atoms with E-state index in [1.54, 1.807) is 0 Å². The molecule has 0 spiro atoms. The predicted molar refractivity (Wildman–Crippen MR) is 84.4 cm³/mol. The smallest absolute Gasteiger partial charge is 0.137 e. The average Bonchev–Trinajstić information content (AvgIpc) is 2.51. The minimum Gasteiger partial charge on any atom is -0.363 e. The second-order valence-corrected chi connectivity index (χ2v) is 5.22. The van der Waals surface area contributed by atoms with Crippen LogP contribution in [-0.2, 0) is 6.42 Å². The highest BCUT2D eigenvalue weighted by Gasteiger charge is 2.12. The first-order chi connectivity index (χ1) is 10.0. The lowest BCUT2D eigenvalue weighted by atomic mass is 10.1. The fourth-order valence-corrected chi connectivity index (χ4v) is 2.15. The molecule has 1 aromatic carbocycles. The third kappa shape index (κ3) is 3.50. The summed E-state index contributed by atoms with van der Waals surface area (Å²) in [7, 11) is 0. The Morgan fingerprint density at radius 3 is 2.52 bits per heavy atom. The lowest BCUT2D eigenvalue weighted by Crippen LogP contribution is -2.11. The summed E-state index contributed by atoms with van der Waals surface area (Å²) in [4.78, 5) is 8.72. The fourth-order valence-electron chi connectivity index (χ4n) is 1.97. The van der Waals surface area contributed by atoms with Crippen LogP contribution in [0.3, 0.4) is 0 Å². The summed E-state index contributed by atoms with van der Waals surface area (Å²) < 4.78 is 0. The molecule has 0 aliphatic carbocycles. The van der Waals surface area contributed by atoms with E-state index in [1.165, 1.54) is 0 Å². The molecule has 0 amide bonds. The van der Waals surface area contributed by atoms with Crippen LogP contribution in [0.2, 0.25) is 5.15 Å². The number of aryl methyl sites for hydroxylation is 1. The molecule has 108 valence electrons. The molecule has 1 atom stereocenters. The van der Waals surface area contributed by atoms with Gasteiger partial charge < -0.3 is 5.32 Å². The standard InChI is InChI=1S/C16H17ClN4/c1-4-14-20-15(17)10(2)16(21-14)19-11(3)13-7-5-12(9-18)6-8-13/h5-8,11H,4H2,1-3H3,(H,19,20,21). The molecule has 0 aliphatic rings. The maximum absolute atomic E-state index is 8.83. The number of aromatic nitrogens is 2. The first-order valence-corrected chi connectivity index (χ1v) is 7.22. The molecule has 0 fully saturated rings. The van der Waals surface area contributed by atoms with Crippen molar-refractivity contribution in [2.45, 2.75) is 33.2 Å². The van der Waals surface area contributed by atoms with Gasteiger partial charge in [-0.05, 0) is 31.5 Å². The summed E-state index contributed by atoms with van der Waals surface area (Å²) in [6, 6.07) is 9.68. The summed E-state index contributed by atoms with van der Waals surface area (Å²) in [6.45, 7) is 5.94. The van der Waals surface area contributed by atoms with Crippen LogP contribution in [0.25, 0.3) is 0 Å². The van der Waals surface area contributed by atoms with Crippen LogP contribution in [0.1, 0.15) is 42.4 Å². The van der Waals surface area contributed by atoms with Crippen molar-refractivity contribution in [1.82, 2.24) is 9.97 Å². The Morgan fingerprint density at radius 2 is 1.95 bits per heavy atom. The van der Waals surface area contributed by atoms with Crippen LogP contribution in [0, 0.1) is 18.3 Å². The highest BCUT2D eigenvalue weighted by molar-refractivity contribution is 6.30. The molecular formula is C16H17ClN4. The molecule has 4 nitrogen and oxygen atoms in total. The zero-order valence-electron chi connectivity index (χ0n) is 12.3. The number of nitrogens with zero attached hydrogens (tertiary/aromatic N) is 3. The summed E-state index contributed by atoms with van der Waals surface area (Å²) in [6.07, 6.45) is 0.736. The van der Waals surface area contributed by atoms with Gasteiger partial charge >= 0.3 is 0 Å². The molecule has 2 rings (SSSR count). The minimum absolute atomic E-state index is 0.0621. The van der Waals surface area contributed by atoms with Crippen LogP contribution in [-0.4, -0.2) is 9.97 Å². The van der Waals surface area contributed by atoms with Crippen molar-refractivity contribution < 1.29 is 0 Å². The first kappa shape index (κ1) is 15.3. The van der Waals surface area contributed by atoms with E-state index in [4.69, 9.17) is 16.9 Å². The molecule has 1 aromatic heterocycles. The second kappa shape index (κ2) is 6.55. The molecule has 0 saturated heterocycles. The molecule has 1 N–H and O–H groups in total. The lowest BCUT2D eigenvalue weighted by molar-refractivity contribution is 0.851. The van der Waals surface area contributed by atoms with Crippen LogP contribution in [0.5, 0.6) is 0 Å². The average molecular weight is 301 g/mol. The molecule has 2 aromatic rings. The Labute approximate surface area is 129 Å². The zero-order chi connectivity index (χ0) is 15.4. The summed E-state index contributed by atoms with van der Waals surface area (Å²) in [5, 5.41) is 12.7. The van der Waals surface area contributed by atoms with Crippen molar-refractivity contribution in [2.75, 3.05) is 5.32 Å². The van der Waals surface area contributed by atoms with Gasteiger partial charge in [0.05, 0.1) is 11.6 Å². The van der Waals surface area contributed by atoms with Gasteiger partial charge in [-0.25, -0.2) is 9.97 Å². The van der Waals surface area contributed by atoms with Crippen molar-refractivity contribution in [3.05, 3.63) is 51.9 Å². The number of hydrogen-bond donors (Lipinski definition) is 1. The maximum atomic E-state index is 8.83. The van der Waals surface area contributed by atoms with Crippen LogP contribution in [0.15, 0.2) is 24.3 Å². The van der Waals surface area contributed by atoms with Gasteiger partial charge in [0.15, 0.2) is 0 Å². The van der Waals surface area contributed by atoms with Gasteiger partial charge in [0.25, 0.3) is 0 Å². The Bertz CT molecular complexity index is 674. The fraction of sp³-hybridized carbons (Fsp3) is 0.312. The highest BCUT2D eigenvalue weighted by Crippen LogP contribution is 2.24. The van der Waals surface area contributed by atoms with Gasteiger partial charge in [0, 0.05) is 18.0 Å². The number of benzene rings is 1. The van der Waals surface area contributed by atoms with Crippen molar-refractivity contribution >= 4 is 17.4 Å². The zero-order valence-corrected chi connectivity index (χ0v) is 13.1. The first-order valence-electron chi connectivity index (χ1n) is 6.84. The monoisotopic (exact) mass is 300 g/mol. The Kier molecular flexibility index (Phi) is 4.77. The van der Waals surface area contributed by atoms with E-state index >= 15 is 0 Å². The van der Waals surface area contributed by atoms with Gasteiger partial charge in [0.2, 0.25) is 0 Å². The highest BCUT2D eigenvalue weighted by atomic mass is 35.5. The second-order valence-electron chi connectivity index (χ2n) is 4.86. The van der Waals surface area contributed by atoms with Crippen LogP contribution in [0.4, 0.5) is 5.82 Å². The SMILES string of the molecule is CCc1nc(Cl)c(C)c(NC(C)c2ccc(C#N)cc2)n1. The van der Waals surface area contributed by atoms with E-state index in [0.29, 0.717) is 10.7 Å². The summed E-state index contributed by atoms with van der Waals surface area (Å²) in [5.41, 5.74) is 2.58. The third-order valence-electron chi connectivity index (χ3n) is 3.34. The lowest BCUT2D eigenvalue weighted by Gasteiger charge is -2.17. The Balaban J connectivity index is 2.24. The quantitative estimate of drug-likeness (QED) is 0.865. The van der Waals surface area contributed by atoms with Crippen molar-refractivity contribution in [3.63, 3.8) is 0 Å². The predicted octanol–water partition coefficient (Wildman–Crippen LogP) is 4.05. The van der Waals surface area contributed by atoms with Gasteiger partial charge in [-0.15, -0.1) is 0 Å². The summed E-state index contributed by atoms with van der Waals surface area (Å²) in [5.74, 6) is 1.48. The largest absolute Gasteiger partial charge is 0.363 e. The minimum atomic E-state index is 0.0621. The maximum Gasteiger partial charge on any atom is 0.137 e. The molecule has 0 bridgehead atoms. The molecule has 21 heavy (non-hydrogen) atoms. The van der Waals surface area contributed by atoms with E-state index in [1.807, 2.05) is 45.0 Å². The number of nitrogens with one attached hydrogen (secondary N) is 1. The molecule has 5 heteroatoms. The van der Waals surface area contributed by atoms with Crippen LogP contribution < -0.4 is 5.32 Å². The van der Waals surface area contributed by atoms with E-state index in [2.05, 4.69) is 21.4 Å². The normalized spacial score (nSPS) is 11.8. The van der Waals surface area contributed by atoms with E-state index in [0.717, 1.165) is 29.2 Å². The number of halogens is 1. The molecular weight excluding hydrogens is 284 g/mol. The number of anilines is 1. The van der Waals surface area contributed by atoms with Gasteiger partial charge in [-0.2, -0.15) is 5.26 Å². The number of hydrogen-bond acceptors (Lipinski definition) is 4. The summed E-state index contributed by atoms with van der Waals surface area (Å²) >= 11 is 6.14. The van der Waals surface area contributed by atoms with Gasteiger partial charge in [-0.1, -0.05) is 30.7 Å². The van der Waals surface area contributed by atoms with Gasteiger partial charge in [0.1, 0.15) is 16.8 Å². The molecule has 1 heterocycles. The van der Waals surface area contributed by atoms with E-state index in [9.17, 15) is 0 Å².